The van der Waals surface area contributed by atoms with E-state index in [1.165, 1.54) is 18.2 Å². The van der Waals surface area contributed by atoms with E-state index in [-0.39, 0.29) is 21.2 Å². The summed E-state index contributed by atoms with van der Waals surface area (Å²) in [6.45, 7) is 3.66. The van der Waals surface area contributed by atoms with Crippen LogP contribution in [0, 0.1) is 11.3 Å². The highest BCUT2D eigenvalue weighted by molar-refractivity contribution is 7.87. The number of carbonyl (C=O) groups excluding carboxylic acids is 4. The summed E-state index contributed by atoms with van der Waals surface area (Å²) in [6.07, 6.45) is 9.77. The molecule has 2 saturated heterocycles. The van der Waals surface area contributed by atoms with Gasteiger partial charge in [-0.1, -0.05) is 68.1 Å². The van der Waals surface area contributed by atoms with E-state index in [4.69, 9.17) is 33.5 Å². The van der Waals surface area contributed by atoms with Crippen LogP contribution < -0.4 is 0 Å². The van der Waals surface area contributed by atoms with E-state index < -0.39 is 110 Å². The Labute approximate surface area is 308 Å². The molecule has 0 aromatic heterocycles. The van der Waals surface area contributed by atoms with Crippen LogP contribution in [0.25, 0.3) is 0 Å². The lowest BCUT2D eigenvalue weighted by atomic mass is 9.71. The van der Waals surface area contributed by atoms with E-state index in [0.29, 0.717) is 27.4 Å². The Morgan fingerprint density at radius 2 is 1.10 bits per heavy atom. The Kier molecular flexibility index (Phi) is 12.7. The molecule has 1 atom stereocenters. The molecular weight excluding hydrogens is 817 g/mol. The second-order valence-corrected chi connectivity index (χ2v) is 18.6. The second kappa shape index (κ2) is 15.4. The molecule has 5 amide bonds. The third-order valence-electron chi connectivity index (χ3n) is 7.08. The lowest BCUT2D eigenvalue weighted by Crippen LogP contribution is -2.61. The Bertz CT molecular complexity index is 2110. The predicted octanol–water partition coefficient (Wildman–Crippen LogP) is 0.243. The summed E-state index contributed by atoms with van der Waals surface area (Å²) < 4.78 is 129. The Morgan fingerprint density at radius 3 is 1.56 bits per heavy atom. The normalized spacial score (nSPS) is 22.0. The molecule has 0 radical (unpaired) electrons. The van der Waals surface area contributed by atoms with Crippen molar-refractivity contribution in [3.63, 3.8) is 0 Å². The van der Waals surface area contributed by atoms with Crippen molar-refractivity contribution in [3.8, 4) is 0 Å². The number of imide groups is 2. The van der Waals surface area contributed by atoms with Crippen LogP contribution in [0.5, 0.6) is 0 Å². The fraction of sp³-hybridized carbons (Fsp3) is 0.385. The van der Waals surface area contributed by atoms with E-state index in [1.807, 2.05) is 13.8 Å². The van der Waals surface area contributed by atoms with Crippen LogP contribution in [0.2, 0.25) is 0 Å². The highest BCUT2D eigenvalue weighted by Crippen LogP contribution is 2.42. The fourth-order valence-electron chi connectivity index (χ4n) is 5.29. The number of amides is 5. The van der Waals surface area contributed by atoms with Crippen LogP contribution in [0.1, 0.15) is 26.7 Å². The number of carbonyl (C=O) groups is 4. The number of barbiturate groups is 1. The van der Waals surface area contributed by atoms with Gasteiger partial charge >= 0.3 is 6.03 Å². The van der Waals surface area contributed by atoms with Crippen molar-refractivity contribution >= 4 is 98.8 Å². The Morgan fingerprint density at radius 1 is 0.673 bits per heavy atom. The van der Waals surface area contributed by atoms with Crippen LogP contribution in [-0.2, 0) is 54.9 Å². The highest BCUT2D eigenvalue weighted by atomic mass is 32.2. The summed E-state index contributed by atoms with van der Waals surface area (Å²) in [5.74, 6) is -11.1. The maximum absolute atomic E-state index is 13.5. The first-order chi connectivity index (χ1) is 23.5. The van der Waals surface area contributed by atoms with Gasteiger partial charge in [-0.2, -0.15) is 33.7 Å². The molecule has 3 aliphatic rings. The standard InChI is InChI=1S/C26H30N4O16S6/c1-26(2)10-16(9-17(11-26)19-22(33)29(14-51(41,42)43)25(48)30(23(19)47)15-52(44,45)46)7-5-3-4-6-8-18-20(31)27(12-49(35,36)37)24(34)28(21(18)32)13-50(38,39)40/h3-9,19H,10-15H2,1-2H3,(H,35,36,37)(H,38,39,40)(H,41,42,43)(H,44,45,46)/b5-3+,6-4+,16-7-. The summed E-state index contributed by atoms with van der Waals surface area (Å²) in [7, 11) is -19.7. The van der Waals surface area contributed by atoms with Gasteiger partial charge in [-0.15, -0.1) is 0 Å². The molecule has 20 nitrogen and oxygen atoms in total. The van der Waals surface area contributed by atoms with E-state index in [9.17, 15) is 62.0 Å². The first kappa shape index (κ1) is 42.8. The molecule has 2 aliphatic heterocycles. The van der Waals surface area contributed by atoms with Gasteiger partial charge in [0.2, 0.25) is 5.91 Å². The summed E-state index contributed by atoms with van der Waals surface area (Å²) in [4.78, 5) is 52.1. The highest BCUT2D eigenvalue weighted by Gasteiger charge is 2.47. The zero-order valence-corrected chi connectivity index (χ0v) is 31.7. The average molecular weight is 847 g/mol. The molecule has 0 bridgehead atoms. The van der Waals surface area contributed by atoms with Crippen molar-refractivity contribution in [2.24, 2.45) is 11.3 Å². The fourth-order valence-corrected chi connectivity index (χ4v) is 8.59. The van der Waals surface area contributed by atoms with Gasteiger partial charge in [0.15, 0.2) is 28.6 Å². The lowest BCUT2D eigenvalue weighted by Gasteiger charge is -2.43. The summed E-state index contributed by atoms with van der Waals surface area (Å²) in [6, 6.07) is -1.73. The summed E-state index contributed by atoms with van der Waals surface area (Å²) in [5, 5.41) is -0.668. The molecule has 0 aromatic carbocycles. The molecule has 52 heavy (non-hydrogen) atoms. The van der Waals surface area contributed by atoms with Crippen molar-refractivity contribution in [2.75, 3.05) is 23.5 Å². The van der Waals surface area contributed by atoms with Gasteiger partial charge in [-0.25, -0.2) is 14.6 Å². The van der Waals surface area contributed by atoms with Crippen molar-refractivity contribution in [2.45, 2.75) is 26.7 Å². The van der Waals surface area contributed by atoms with E-state index in [2.05, 4.69) is 0 Å². The van der Waals surface area contributed by atoms with Crippen LogP contribution in [0.3, 0.4) is 0 Å². The van der Waals surface area contributed by atoms with Crippen molar-refractivity contribution in [1.29, 1.82) is 0 Å². The minimum absolute atomic E-state index is 0.114. The molecule has 0 spiro atoms. The third kappa shape index (κ3) is 11.4. The number of allylic oxidation sites excluding steroid dienone is 8. The summed E-state index contributed by atoms with van der Waals surface area (Å²) >= 11 is 10.5. The maximum atomic E-state index is 13.5. The first-order valence-corrected chi connectivity index (χ1v) is 21.4. The third-order valence-corrected chi connectivity index (χ3v) is 10.3. The number of nitrogens with zero attached hydrogens (tertiary/aromatic N) is 4. The van der Waals surface area contributed by atoms with Gasteiger partial charge in [0.25, 0.3) is 52.3 Å². The zero-order valence-electron chi connectivity index (χ0n) is 26.8. The van der Waals surface area contributed by atoms with Crippen LogP contribution in [-0.4, -0.2) is 129 Å². The lowest BCUT2D eigenvalue weighted by molar-refractivity contribution is -0.135. The SMILES string of the molecule is CC1(C)CC(C2C(=O)N(CS(=O)(=O)O)C(=S)N(CS(=O)(=O)O)C2=S)=C/C(=C/C=C/C=C/C=C2C(=O)N(CS(=O)(=O)O)C(=O)N(CS(=O)(=O)O)C2=O)C1. The van der Waals surface area contributed by atoms with E-state index >= 15 is 0 Å². The summed E-state index contributed by atoms with van der Waals surface area (Å²) in [5.41, 5.74) is -0.545. The molecule has 2 fully saturated rings. The molecular formula is C26H30N4O16S6. The number of urea groups is 1. The quantitative estimate of drug-likeness (QED) is 0.0672. The van der Waals surface area contributed by atoms with Crippen molar-refractivity contribution < 1.29 is 71.1 Å². The van der Waals surface area contributed by atoms with E-state index in [0.717, 1.165) is 12.2 Å². The minimum Gasteiger partial charge on any atom is -0.294 e. The Hall–Kier alpha value is -3.60. The molecule has 286 valence electrons. The second-order valence-electron chi connectivity index (χ2n) is 12.2. The number of rotatable bonds is 12. The van der Waals surface area contributed by atoms with Crippen molar-refractivity contribution in [1.82, 2.24) is 19.6 Å². The van der Waals surface area contributed by atoms with Crippen LogP contribution in [0.15, 0.2) is 59.3 Å². The number of hydrogen-bond acceptors (Lipinski definition) is 14. The molecule has 1 aliphatic carbocycles. The predicted molar refractivity (Wildman–Crippen MR) is 188 cm³/mol. The van der Waals surface area contributed by atoms with Gasteiger partial charge in [0, 0.05) is 0 Å². The van der Waals surface area contributed by atoms with Gasteiger partial charge in [-0.05, 0) is 42.1 Å². The molecule has 0 saturated carbocycles. The van der Waals surface area contributed by atoms with Gasteiger partial charge in [-0.3, -0.25) is 42.4 Å². The van der Waals surface area contributed by atoms with Crippen molar-refractivity contribution in [3.05, 3.63) is 59.3 Å². The largest absolute Gasteiger partial charge is 0.335 e. The zero-order chi connectivity index (χ0) is 39.8. The molecule has 1 unspecified atom stereocenters. The number of hydrogen-bond donors (Lipinski definition) is 4. The van der Waals surface area contributed by atoms with Crippen LogP contribution >= 0.6 is 24.4 Å². The first-order valence-electron chi connectivity index (χ1n) is 14.1. The van der Waals surface area contributed by atoms with E-state index in [1.54, 1.807) is 12.2 Å². The van der Waals surface area contributed by atoms with Crippen LogP contribution in [0.4, 0.5) is 4.79 Å². The molecule has 26 heteroatoms. The Balaban J connectivity index is 1.96. The van der Waals surface area contributed by atoms with Gasteiger partial charge in [0.05, 0.1) is 0 Å². The molecule has 2 heterocycles. The smallest absolute Gasteiger partial charge is 0.294 e. The number of thiocarbonyl (C=S) groups is 2. The molecule has 0 aromatic rings. The minimum atomic E-state index is -5.03. The maximum Gasteiger partial charge on any atom is 0.335 e. The topological polar surface area (TPSA) is 299 Å². The molecule has 4 N–H and O–H groups in total. The monoisotopic (exact) mass is 846 g/mol. The molecule has 3 rings (SSSR count). The average Bonchev–Trinajstić information content (AvgIpc) is 2.94. The van der Waals surface area contributed by atoms with Gasteiger partial charge in [0.1, 0.15) is 16.5 Å². The van der Waals surface area contributed by atoms with Gasteiger partial charge < -0.3 is 0 Å².